The number of nitrogens with zero attached hydrogens (tertiary/aromatic N) is 3. The number of ether oxygens (including phenoxy) is 2. The molecule has 2 aliphatic rings. The molecule has 1 saturated heterocycles. The summed E-state index contributed by atoms with van der Waals surface area (Å²) in [6.45, 7) is 2.18. The minimum absolute atomic E-state index is 0.0142. The lowest BCUT2D eigenvalue weighted by Crippen LogP contribution is -2.45. The van der Waals surface area contributed by atoms with E-state index in [0.717, 1.165) is 48.6 Å². The van der Waals surface area contributed by atoms with Gasteiger partial charge in [-0.05, 0) is 31.0 Å². The van der Waals surface area contributed by atoms with Gasteiger partial charge < -0.3 is 14.4 Å². The van der Waals surface area contributed by atoms with Gasteiger partial charge >= 0.3 is 0 Å². The van der Waals surface area contributed by atoms with Crippen LogP contribution < -0.4 is 9.64 Å². The first-order valence-electron chi connectivity index (χ1n) is 9.44. The molecule has 0 unspecified atom stereocenters. The van der Waals surface area contributed by atoms with Crippen molar-refractivity contribution in [2.75, 3.05) is 44.9 Å². The molecule has 0 atom stereocenters. The number of fused-ring (bicyclic) bond motifs is 1. The maximum absolute atomic E-state index is 12.6. The Hall–Kier alpha value is -2.45. The molecule has 1 aromatic heterocycles. The molecule has 148 valence electrons. The van der Waals surface area contributed by atoms with Gasteiger partial charge in [0.1, 0.15) is 12.3 Å². The zero-order valence-corrected chi connectivity index (χ0v) is 16.7. The van der Waals surface area contributed by atoms with Gasteiger partial charge in [0.15, 0.2) is 6.61 Å². The molecule has 0 aliphatic carbocycles. The maximum Gasteiger partial charge on any atom is 0.265 e. The van der Waals surface area contributed by atoms with Crippen molar-refractivity contribution in [2.24, 2.45) is 0 Å². The molecule has 0 bridgehead atoms. The first-order valence-corrected chi connectivity index (χ1v) is 10.3. The van der Waals surface area contributed by atoms with Crippen molar-refractivity contribution in [3.05, 3.63) is 28.6 Å². The summed E-state index contributed by atoms with van der Waals surface area (Å²) in [6, 6.07) is 5.67. The Bertz CT molecular complexity index is 876. The van der Waals surface area contributed by atoms with Crippen LogP contribution in [0.4, 0.5) is 5.69 Å². The first-order chi connectivity index (χ1) is 13.7. The maximum atomic E-state index is 12.6. The highest BCUT2D eigenvalue weighted by molar-refractivity contribution is 7.09. The van der Waals surface area contributed by atoms with Crippen LogP contribution in [-0.4, -0.2) is 61.7 Å². The summed E-state index contributed by atoms with van der Waals surface area (Å²) >= 11 is 1.59. The number of amides is 2. The average molecular weight is 401 g/mol. The predicted molar refractivity (Wildman–Crippen MR) is 107 cm³/mol. The van der Waals surface area contributed by atoms with Crippen LogP contribution >= 0.6 is 11.3 Å². The third kappa shape index (κ3) is 3.88. The molecule has 2 aliphatic heterocycles. The Morgan fingerprint density at radius 2 is 2.14 bits per heavy atom. The van der Waals surface area contributed by atoms with Crippen molar-refractivity contribution in [2.45, 2.75) is 19.3 Å². The minimum Gasteiger partial charge on any atom is -0.482 e. The zero-order valence-electron chi connectivity index (χ0n) is 15.8. The second kappa shape index (κ2) is 8.28. The summed E-state index contributed by atoms with van der Waals surface area (Å²) in [5.41, 5.74) is 2.38. The van der Waals surface area contributed by atoms with E-state index in [1.54, 1.807) is 23.3 Å². The standard InChI is InChI=1S/C20H23N3O4S/c1-26-9-6-18-21-15(13-28-18)14-4-5-17-16(10-14)23(20(25)12-27-17)11-19(24)22-7-2-3-8-22/h4-5,10,13H,2-3,6-9,11-12H2,1H3. The number of benzene rings is 1. The summed E-state index contributed by atoms with van der Waals surface area (Å²) in [5, 5.41) is 3.00. The van der Waals surface area contributed by atoms with Crippen LogP contribution in [0.1, 0.15) is 17.8 Å². The lowest BCUT2D eigenvalue weighted by atomic mass is 10.1. The number of methoxy groups -OCH3 is 1. The van der Waals surface area contributed by atoms with E-state index in [9.17, 15) is 9.59 Å². The molecular formula is C20H23N3O4S. The molecule has 28 heavy (non-hydrogen) atoms. The van der Waals surface area contributed by atoms with E-state index in [-0.39, 0.29) is 25.0 Å². The van der Waals surface area contributed by atoms with E-state index in [2.05, 4.69) is 4.98 Å². The molecule has 4 rings (SSSR count). The normalized spacial score (nSPS) is 16.2. The van der Waals surface area contributed by atoms with Crippen molar-refractivity contribution in [1.82, 2.24) is 9.88 Å². The SMILES string of the molecule is COCCc1nc(-c2ccc3c(c2)N(CC(=O)N2CCCC2)C(=O)CO3)cs1. The molecule has 0 radical (unpaired) electrons. The fraction of sp³-hybridized carbons (Fsp3) is 0.450. The predicted octanol–water partition coefficient (Wildman–Crippen LogP) is 2.35. The van der Waals surface area contributed by atoms with Crippen molar-refractivity contribution in [3.8, 4) is 17.0 Å². The second-order valence-electron chi connectivity index (χ2n) is 6.91. The van der Waals surface area contributed by atoms with Crippen LogP contribution in [0.3, 0.4) is 0 Å². The number of aromatic nitrogens is 1. The van der Waals surface area contributed by atoms with Gasteiger partial charge in [0.05, 0.1) is 23.0 Å². The number of carbonyl (C=O) groups is 2. The van der Waals surface area contributed by atoms with Crippen molar-refractivity contribution < 1.29 is 19.1 Å². The van der Waals surface area contributed by atoms with Crippen molar-refractivity contribution >= 4 is 28.8 Å². The average Bonchev–Trinajstić information content (AvgIpc) is 3.40. The van der Waals surface area contributed by atoms with Gasteiger partial charge in [-0.2, -0.15) is 0 Å². The summed E-state index contributed by atoms with van der Waals surface area (Å²) in [6.07, 6.45) is 2.82. The lowest BCUT2D eigenvalue weighted by molar-refractivity contribution is -0.131. The van der Waals surface area contributed by atoms with Crippen LogP contribution in [-0.2, 0) is 20.7 Å². The first kappa shape index (κ1) is 18.9. The van der Waals surface area contributed by atoms with E-state index in [4.69, 9.17) is 9.47 Å². The molecule has 7 nitrogen and oxygen atoms in total. The van der Waals surface area contributed by atoms with E-state index < -0.39 is 0 Å². The third-order valence-electron chi connectivity index (χ3n) is 5.02. The molecule has 1 fully saturated rings. The number of carbonyl (C=O) groups excluding carboxylic acids is 2. The van der Waals surface area contributed by atoms with Crippen LogP contribution in [0.2, 0.25) is 0 Å². The van der Waals surface area contributed by atoms with E-state index in [0.29, 0.717) is 18.0 Å². The molecule has 0 saturated carbocycles. The minimum atomic E-state index is -0.198. The van der Waals surface area contributed by atoms with Gasteiger partial charge in [-0.25, -0.2) is 4.98 Å². The third-order valence-corrected chi connectivity index (χ3v) is 5.93. The van der Waals surface area contributed by atoms with Gasteiger partial charge in [0, 0.05) is 37.6 Å². The molecule has 2 aromatic rings. The van der Waals surface area contributed by atoms with E-state index in [1.165, 1.54) is 0 Å². The summed E-state index contributed by atoms with van der Waals surface area (Å²) < 4.78 is 10.7. The molecular weight excluding hydrogens is 378 g/mol. The van der Waals surface area contributed by atoms with Gasteiger partial charge in [-0.1, -0.05) is 0 Å². The fourth-order valence-electron chi connectivity index (χ4n) is 3.48. The van der Waals surface area contributed by atoms with Gasteiger partial charge in [0.25, 0.3) is 5.91 Å². The molecule has 0 spiro atoms. The number of anilines is 1. The van der Waals surface area contributed by atoms with Crippen LogP contribution in [0.25, 0.3) is 11.3 Å². The quantitative estimate of drug-likeness (QED) is 0.743. The number of thiazole rings is 1. The zero-order chi connectivity index (χ0) is 19.5. The molecule has 8 heteroatoms. The summed E-state index contributed by atoms with van der Waals surface area (Å²) in [4.78, 5) is 33.1. The molecule has 3 heterocycles. The van der Waals surface area contributed by atoms with Crippen LogP contribution in [0.5, 0.6) is 5.75 Å². The second-order valence-corrected chi connectivity index (χ2v) is 7.85. The topological polar surface area (TPSA) is 72.0 Å². The van der Waals surface area contributed by atoms with E-state index >= 15 is 0 Å². The largest absolute Gasteiger partial charge is 0.482 e. The monoisotopic (exact) mass is 401 g/mol. The highest BCUT2D eigenvalue weighted by Crippen LogP contribution is 2.36. The summed E-state index contributed by atoms with van der Waals surface area (Å²) in [7, 11) is 1.67. The Kier molecular flexibility index (Phi) is 5.59. The molecule has 2 amide bonds. The Morgan fingerprint density at radius 1 is 1.32 bits per heavy atom. The summed E-state index contributed by atoms with van der Waals surface area (Å²) in [5.74, 6) is 0.406. The van der Waals surface area contributed by atoms with Gasteiger partial charge in [-0.3, -0.25) is 14.5 Å². The molecule has 0 N–H and O–H groups in total. The smallest absolute Gasteiger partial charge is 0.265 e. The van der Waals surface area contributed by atoms with Gasteiger partial charge in [0.2, 0.25) is 5.91 Å². The number of rotatable bonds is 6. The molecule has 1 aromatic carbocycles. The number of hydrogen-bond donors (Lipinski definition) is 0. The Morgan fingerprint density at radius 3 is 2.93 bits per heavy atom. The van der Waals surface area contributed by atoms with Crippen molar-refractivity contribution in [1.29, 1.82) is 0 Å². The highest BCUT2D eigenvalue weighted by Gasteiger charge is 2.30. The number of likely N-dealkylation sites (tertiary alicyclic amines) is 1. The Balaban J connectivity index is 1.58. The van der Waals surface area contributed by atoms with Crippen LogP contribution in [0.15, 0.2) is 23.6 Å². The van der Waals surface area contributed by atoms with Gasteiger partial charge in [-0.15, -0.1) is 11.3 Å². The Labute approximate surface area is 167 Å². The highest BCUT2D eigenvalue weighted by atomic mass is 32.1. The van der Waals surface area contributed by atoms with Crippen LogP contribution in [0, 0.1) is 0 Å². The lowest BCUT2D eigenvalue weighted by Gasteiger charge is -2.30. The fourth-order valence-corrected chi connectivity index (χ4v) is 4.27. The van der Waals surface area contributed by atoms with E-state index in [1.807, 2.05) is 28.5 Å². The van der Waals surface area contributed by atoms with Crippen molar-refractivity contribution in [3.63, 3.8) is 0 Å². The number of hydrogen-bond acceptors (Lipinski definition) is 6.